The summed E-state index contributed by atoms with van der Waals surface area (Å²) in [7, 11) is 0. The molecule has 8 heteroatoms. The van der Waals surface area contributed by atoms with E-state index in [0.717, 1.165) is 24.3 Å². The summed E-state index contributed by atoms with van der Waals surface area (Å²) >= 11 is 1.91. The lowest BCUT2D eigenvalue weighted by atomic mass is 10.0. The molecule has 1 aliphatic heterocycles. The zero-order valence-electron chi connectivity index (χ0n) is 11.3. The molecular weight excluding hydrogens is 282 g/mol. The highest BCUT2D eigenvalue weighted by Crippen LogP contribution is 2.21. The minimum Gasteiger partial charge on any atom is -0.480 e. The van der Waals surface area contributed by atoms with Crippen LogP contribution >= 0.6 is 11.8 Å². The summed E-state index contributed by atoms with van der Waals surface area (Å²) in [4.78, 5) is 33.2. The number of carbonyl (C=O) groups is 3. The third kappa shape index (κ3) is 6.65. The maximum absolute atomic E-state index is 11.6. The normalized spacial score (nSPS) is 17.2. The molecule has 1 fully saturated rings. The number of carbonyl (C=O) groups excluding carboxylic acids is 2. The number of hydrogen-bond acceptors (Lipinski definition) is 4. The predicted molar refractivity (Wildman–Crippen MR) is 76.4 cm³/mol. The fourth-order valence-corrected chi connectivity index (χ4v) is 3.14. The van der Waals surface area contributed by atoms with E-state index in [2.05, 4.69) is 10.6 Å². The molecule has 1 rings (SSSR count). The minimum atomic E-state index is -1.17. The summed E-state index contributed by atoms with van der Waals surface area (Å²) in [5.41, 5.74) is 4.97. The van der Waals surface area contributed by atoms with E-state index in [1.54, 1.807) is 0 Å². The standard InChI is InChI=1S/C12H21N3O4S/c13-10(16)2-1-9(11(17)18)15-12(19)14-7-8-3-5-20-6-4-8/h8-9H,1-7H2,(H2,13,16)(H,17,18)(H2,14,15,19). The van der Waals surface area contributed by atoms with Crippen molar-refractivity contribution in [1.82, 2.24) is 10.6 Å². The Morgan fingerprint density at radius 3 is 2.50 bits per heavy atom. The number of thioether (sulfide) groups is 1. The fourth-order valence-electron chi connectivity index (χ4n) is 1.94. The average molecular weight is 303 g/mol. The Morgan fingerprint density at radius 2 is 1.95 bits per heavy atom. The Hall–Kier alpha value is -1.44. The van der Waals surface area contributed by atoms with Crippen LogP contribution in [0.3, 0.4) is 0 Å². The third-order valence-corrected chi connectivity index (χ3v) is 4.22. The first-order valence-corrected chi connectivity index (χ1v) is 7.77. The van der Waals surface area contributed by atoms with Crippen molar-refractivity contribution in [2.24, 2.45) is 11.7 Å². The largest absolute Gasteiger partial charge is 0.480 e. The van der Waals surface area contributed by atoms with Gasteiger partial charge in [0.05, 0.1) is 0 Å². The lowest BCUT2D eigenvalue weighted by Crippen LogP contribution is -2.47. The number of carboxylic acid groups (broad SMARTS) is 1. The smallest absolute Gasteiger partial charge is 0.326 e. The fraction of sp³-hybridized carbons (Fsp3) is 0.750. The molecule has 0 radical (unpaired) electrons. The van der Waals surface area contributed by atoms with Gasteiger partial charge >= 0.3 is 12.0 Å². The Labute approximate surface area is 122 Å². The highest BCUT2D eigenvalue weighted by Gasteiger charge is 2.21. The molecule has 7 nitrogen and oxygen atoms in total. The second kappa shape index (κ2) is 8.68. The topological polar surface area (TPSA) is 122 Å². The molecule has 20 heavy (non-hydrogen) atoms. The van der Waals surface area contributed by atoms with Crippen molar-refractivity contribution < 1.29 is 19.5 Å². The van der Waals surface area contributed by atoms with E-state index < -0.39 is 23.9 Å². The van der Waals surface area contributed by atoms with Crippen molar-refractivity contribution >= 4 is 29.7 Å². The Morgan fingerprint density at radius 1 is 1.30 bits per heavy atom. The summed E-state index contributed by atoms with van der Waals surface area (Å²) in [6.07, 6.45) is 2.05. The van der Waals surface area contributed by atoms with Gasteiger partial charge in [0, 0.05) is 13.0 Å². The van der Waals surface area contributed by atoms with Gasteiger partial charge in [0.1, 0.15) is 6.04 Å². The molecule has 1 heterocycles. The van der Waals surface area contributed by atoms with E-state index in [1.165, 1.54) is 0 Å². The summed E-state index contributed by atoms with van der Waals surface area (Å²) in [5.74, 6) is 0.902. The Kier molecular flexibility index (Phi) is 7.21. The van der Waals surface area contributed by atoms with Gasteiger partial charge in [-0.1, -0.05) is 0 Å². The second-order valence-corrected chi connectivity index (χ2v) is 6.03. The SMILES string of the molecule is NC(=O)CCC(NC(=O)NCC1CCSCC1)C(=O)O. The molecule has 1 aliphatic rings. The van der Waals surface area contributed by atoms with Crippen LogP contribution in [0.5, 0.6) is 0 Å². The zero-order valence-corrected chi connectivity index (χ0v) is 12.1. The lowest BCUT2D eigenvalue weighted by Gasteiger charge is -2.22. The summed E-state index contributed by atoms with van der Waals surface area (Å²) in [6.45, 7) is 0.550. The number of nitrogens with two attached hydrogens (primary N) is 1. The number of urea groups is 1. The molecular formula is C12H21N3O4S. The first kappa shape index (κ1) is 16.6. The van der Waals surface area contributed by atoms with Crippen LogP contribution in [0.25, 0.3) is 0 Å². The first-order valence-electron chi connectivity index (χ1n) is 6.62. The van der Waals surface area contributed by atoms with Crippen LogP contribution in [0.4, 0.5) is 4.79 Å². The van der Waals surface area contributed by atoms with Crippen LogP contribution < -0.4 is 16.4 Å². The number of carboxylic acids is 1. The molecule has 0 saturated carbocycles. The van der Waals surface area contributed by atoms with Crippen molar-refractivity contribution in [1.29, 1.82) is 0 Å². The van der Waals surface area contributed by atoms with Crippen molar-refractivity contribution in [2.45, 2.75) is 31.7 Å². The molecule has 0 aromatic rings. The van der Waals surface area contributed by atoms with Gasteiger partial charge in [-0.25, -0.2) is 9.59 Å². The second-order valence-electron chi connectivity index (χ2n) is 4.81. The van der Waals surface area contributed by atoms with Crippen LogP contribution in [-0.4, -0.2) is 47.1 Å². The molecule has 1 saturated heterocycles. The van der Waals surface area contributed by atoms with E-state index in [0.29, 0.717) is 12.5 Å². The molecule has 0 bridgehead atoms. The number of hydrogen-bond donors (Lipinski definition) is 4. The van der Waals surface area contributed by atoms with E-state index >= 15 is 0 Å². The Bertz CT molecular complexity index is 359. The molecule has 1 atom stereocenters. The Balaban J connectivity index is 2.29. The third-order valence-electron chi connectivity index (χ3n) is 3.18. The molecule has 0 spiro atoms. The molecule has 5 N–H and O–H groups in total. The molecule has 114 valence electrons. The maximum atomic E-state index is 11.6. The van der Waals surface area contributed by atoms with Gasteiger partial charge in [-0.2, -0.15) is 11.8 Å². The van der Waals surface area contributed by atoms with Gasteiger partial charge < -0.3 is 21.5 Å². The van der Waals surface area contributed by atoms with Gasteiger partial charge in [0.15, 0.2) is 0 Å². The van der Waals surface area contributed by atoms with E-state index in [-0.39, 0.29) is 12.8 Å². The lowest BCUT2D eigenvalue weighted by molar-refractivity contribution is -0.139. The first-order chi connectivity index (χ1) is 9.49. The van der Waals surface area contributed by atoms with Crippen molar-refractivity contribution in [2.75, 3.05) is 18.1 Å². The predicted octanol–water partition coefficient (Wildman–Crippen LogP) is 0.147. The highest BCUT2D eigenvalue weighted by molar-refractivity contribution is 7.99. The number of nitrogens with one attached hydrogen (secondary N) is 2. The number of rotatable bonds is 7. The van der Waals surface area contributed by atoms with E-state index in [9.17, 15) is 14.4 Å². The maximum Gasteiger partial charge on any atom is 0.326 e. The molecule has 1 unspecified atom stereocenters. The molecule has 3 amide bonds. The van der Waals surface area contributed by atoms with Crippen LogP contribution in [0, 0.1) is 5.92 Å². The summed E-state index contributed by atoms with van der Waals surface area (Å²) in [5, 5.41) is 14.0. The van der Waals surface area contributed by atoms with Crippen molar-refractivity contribution in [3.63, 3.8) is 0 Å². The highest BCUT2D eigenvalue weighted by atomic mass is 32.2. The number of primary amides is 1. The van der Waals surface area contributed by atoms with Crippen LogP contribution in [0.2, 0.25) is 0 Å². The van der Waals surface area contributed by atoms with Crippen LogP contribution in [0.1, 0.15) is 25.7 Å². The average Bonchev–Trinajstić information content (AvgIpc) is 2.41. The monoisotopic (exact) mass is 303 g/mol. The summed E-state index contributed by atoms with van der Waals surface area (Å²) < 4.78 is 0. The minimum absolute atomic E-state index is 0.00183. The number of aliphatic carboxylic acids is 1. The summed E-state index contributed by atoms with van der Waals surface area (Å²) in [6, 6.07) is -1.61. The van der Waals surface area contributed by atoms with Gasteiger partial charge in [-0.3, -0.25) is 4.79 Å². The van der Waals surface area contributed by atoms with Gasteiger partial charge in [-0.05, 0) is 36.7 Å². The van der Waals surface area contributed by atoms with E-state index in [1.807, 2.05) is 11.8 Å². The van der Waals surface area contributed by atoms with Gasteiger partial charge in [-0.15, -0.1) is 0 Å². The molecule has 0 aliphatic carbocycles. The van der Waals surface area contributed by atoms with Crippen LogP contribution in [-0.2, 0) is 9.59 Å². The zero-order chi connectivity index (χ0) is 15.0. The molecule has 0 aromatic carbocycles. The van der Waals surface area contributed by atoms with E-state index in [4.69, 9.17) is 10.8 Å². The number of amides is 3. The van der Waals surface area contributed by atoms with Crippen molar-refractivity contribution in [3.8, 4) is 0 Å². The van der Waals surface area contributed by atoms with Crippen molar-refractivity contribution in [3.05, 3.63) is 0 Å². The van der Waals surface area contributed by atoms with Gasteiger partial charge in [0.2, 0.25) is 5.91 Å². The molecule has 0 aromatic heterocycles. The van der Waals surface area contributed by atoms with Gasteiger partial charge in [0.25, 0.3) is 0 Å². The quantitative estimate of drug-likeness (QED) is 0.533. The van der Waals surface area contributed by atoms with Crippen LogP contribution in [0.15, 0.2) is 0 Å².